The Balaban J connectivity index is 1.86. The maximum atomic E-state index is 12.5. The van der Waals surface area contributed by atoms with E-state index in [4.69, 9.17) is 5.11 Å². The molecule has 5 nitrogen and oxygen atoms in total. The lowest BCUT2D eigenvalue weighted by Crippen LogP contribution is -2.51. The van der Waals surface area contributed by atoms with Crippen LogP contribution in [-0.4, -0.2) is 25.0 Å². The van der Waals surface area contributed by atoms with Gasteiger partial charge in [-0.15, -0.1) is 6.58 Å². The van der Waals surface area contributed by atoms with E-state index in [0.29, 0.717) is 12.8 Å². The summed E-state index contributed by atoms with van der Waals surface area (Å²) in [6, 6.07) is 4.89. The minimum absolute atomic E-state index is 0.199. The van der Waals surface area contributed by atoms with E-state index in [1.54, 1.807) is 24.3 Å². The number of benzene rings is 1. The lowest BCUT2D eigenvalue weighted by molar-refractivity contribution is -0.141. The molecular weight excluding hydrogens is 302 g/mol. The third-order valence-corrected chi connectivity index (χ3v) is 6.29. The topological polar surface area (TPSA) is 83.5 Å². The molecule has 0 amide bonds. The number of hydrogen-bond donors (Lipinski definition) is 2. The molecule has 0 aliphatic heterocycles. The highest BCUT2D eigenvalue weighted by Gasteiger charge is 2.38. The summed E-state index contributed by atoms with van der Waals surface area (Å²) in [7, 11) is -3.62. The quantitative estimate of drug-likeness (QED) is 0.811. The van der Waals surface area contributed by atoms with Crippen LogP contribution in [0.4, 0.5) is 0 Å². The first-order valence-electron chi connectivity index (χ1n) is 7.37. The van der Waals surface area contributed by atoms with Crippen LogP contribution >= 0.6 is 0 Å². The van der Waals surface area contributed by atoms with Crippen LogP contribution in [0.1, 0.15) is 30.4 Å². The van der Waals surface area contributed by atoms with Crippen molar-refractivity contribution in [1.29, 1.82) is 0 Å². The van der Waals surface area contributed by atoms with E-state index in [0.717, 1.165) is 30.4 Å². The number of nitrogens with one attached hydrogen (secondary N) is 1. The molecule has 6 heteroatoms. The molecule has 1 aromatic rings. The van der Waals surface area contributed by atoms with Crippen molar-refractivity contribution < 1.29 is 18.3 Å². The second-order valence-electron chi connectivity index (χ2n) is 6.19. The zero-order chi connectivity index (χ0) is 16.0. The number of carboxylic acid groups (broad SMARTS) is 1. The van der Waals surface area contributed by atoms with E-state index >= 15 is 0 Å². The maximum absolute atomic E-state index is 12.5. The summed E-state index contributed by atoms with van der Waals surface area (Å²) in [5.41, 5.74) is 1.21. The van der Waals surface area contributed by atoms with Gasteiger partial charge < -0.3 is 5.11 Å². The van der Waals surface area contributed by atoms with Crippen LogP contribution in [0.2, 0.25) is 0 Å². The summed E-state index contributed by atoms with van der Waals surface area (Å²) in [5, 5.41) is 9.10. The van der Waals surface area contributed by atoms with Gasteiger partial charge >= 0.3 is 5.97 Å². The van der Waals surface area contributed by atoms with Gasteiger partial charge in [-0.25, -0.2) is 13.1 Å². The normalized spacial score (nSPS) is 22.6. The largest absolute Gasteiger partial charge is 0.481 e. The van der Waals surface area contributed by atoms with E-state index in [-0.39, 0.29) is 4.90 Å². The first kappa shape index (κ1) is 15.2. The minimum Gasteiger partial charge on any atom is -0.481 e. The fraction of sp³-hybridized carbons (Fsp3) is 0.438. The number of hydrogen-bond acceptors (Lipinski definition) is 3. The van der Waals surface area contributed by atoms with E-state index in [2.05, 4.69) is 11.3 Å². The van der Waals surface area contributed by atoms with Gasteiger partial charge in [0.15, 0.2) is 0 Å². The predicted molar refractivity (Wildman–Crippen MR) is 82.1 cm³/mol. The zero-order valence-corrected chi connectivity index (χ0v) is 13.0. The Kier molecular flexibility index (Phi) is 3.61. The number of carbonyl (C=O) groups is 1. The van der Waals surface area contributed by atoms with Crippen molar-refractivity contribution in [2.45, 2.75) is 42.5 Å². The molecule has 0 saturated heterocycles. The SMILES string of the molecule is C=CC1(NS(=O)(=O)c2ccc3c(c2)CC(C(=O)O)C3)CCC1. The molecule has 0 spiro atoms. The lowest BCUT2D eigenvalue weighted by Gasteiger charge is -2.39. The van der Waals surface area contributed by atoms with Gasteiger partial charge in [0, 0.05) is 0 Å². The molecule has 2 N–H and O–H groups in total. The van der Waals surface area contributed by atoms with Crippen molar-refractivity contribution in [2.24, 2.45) is 5.92 Å². The molecule has 0 heterocycles. The van der Waals surface area contributed by atoms with Gasteiger partial charge in [0.25, 0.3) is 0 Å². The summed E-state index contributed by atoms with van der Waals surface area (Å²) in [5.74, 6) is -1.29. The molecule has 2 aliphatic carbocycles. The van der Waals surface area contributed by atoms with Crippen LogP contribution in [0.25, 0.3) is 0 Å². The third-order valence-electron chi connectivity index (χ3n) is 4.74. The Labute approximate surface area is 130 Å². The second kappa shape index (κ2) is 5.21. The second-order valence-corrected chi connectivity index (χ2v) is 7.88. The predicted octanol–water partition coefficient (Wildman–Crippen LogP) is 1.87. The summed E-state index contributed by atoms with van der Waals surface area (Å²) >= 11 is 0. The highest BCUT2D eigenvalue weighted by atomic mass is 32.2. The number of carboxylic acids is 1. The number of aliphatic carboxylic acids is 1. The van der Waals surface area contributed by atoms with Crippen LogP contribution in [0, 0.1) is 5.92 Å². The van der Waals surface area contributed by atoms with E-state index in [9.17, 15) is 13.2 Å². The van der Waals surface area contributed by atoms with Gasteiger partial charge in [-0.2, -0.15) is 0 Å². The zero-order valence-electron chi connectivity index (χ0n) is 12.2. The minimum atomic E-state index is -3.62. The Morgan fingerprint density at radius 1 is 1.32 bits per heavy atom. The molecule has 22 heavy (non-hydrogen) atoms. The first-order chi connectivity index (χ1) is 10.4. The van der Waals surface area contributed by atoms with Gasteiger partial charge in [0.2, 0.25) is 10.0 Å². The molecular formula is C16H19NO4S. The van der Waals surface area contributed by atoms with Crippen molar-refractivity contribution in [3.05, 3.63) is 42.0 Å². The standard InChI is InChI=1S/C16H19NO4S/c1-2-16(6-3-7-16)17-22(20,21)14-5-4-11-8-13(15(18)19)9-12(11)10-14/h2,4-5,10,13,17H,1,3,6-9H2,(H,18,19). The maximum Gasteiger partial charge on any atom is 0.307 e. The molecule has 2 aliphatic rings. The summed E-state index contributed by atoms with van der Waals surface area (Å²) in [4.78, 5) is 11.3. The molecule has 1 aromatic carbocycles. The number of sulfonamides is 1. The highest BCUT2D eigenvalue weighted by Crippen LogP contribution is 2.35. The van der Waals surface area contributed by atoms with Crippen molar-refractivity contribution in [3.8, 4) is 0 Å². The van der Waals surface area contributed by atoms with E-state index in [1.165, 1.54) is 0 Å². The van der Waals surface area contributed by atoms with Gasteiger partial charge in [0.05, 0.1) is 16.4 Å². The highest BCUT2D eigenvalue weighted by molar-refractivity contribution is 7.89. The summed E-state index contributed by atoms with van der Waals surface area (Å²) in [6.07, 6.45) is 5.04. The average molecular weight is 321 g/mol. The molecule has 1 atom stereocenters. The Hall–Kier alpha value is -1.66. The van der Waals surface area contributed by atoms with Gasteiger partial charge in [-0.1, -0.05) is 12.1 Å². The Morgan fingerprint density at radius 3 is 2.55 bits per heavy atom. The Bertz CT molecular complexity index is 735. The molecule has 1 saturated carbocycles. The molecule has 1 fully saturated rings. The van der Waals surface area contributed by atoms with Gasteiger partial charge in [-0.05, 0) is 55.4 Å². The third kappa shape index (κ3) is 2.57. The van der Waals surface area contributed by atoms with Gasteiger partial charge in [-0.3, -0.25) is 4.79 Å². The van der Waals surface area contributed by atoms with Crippen molar-refractivity contribution in [2.75, 3.05) is 0 Å². The van der Waals surface area contributed by atoms with Crippen molar-refractivity contribution >= 4 is 16.0 Å². The fourth-order valence-corrected chi connectivity index (χ4v) is 4.65. The molecule has 0 radical (unpaired) electrons. The first-order valence-corrected chi connectivity index (χ1v) is 8.86. The molecule has 118 valence electrons. The lowest BCUT2D eigenvalue weighted by atomic mass is 9.78. The van der Waals surface area contributed by atoms with Crippen LogP contribution in [0.15, 0.2) is 35.7 Å². The molecule has 0 aromatic heterocycles. The Morgan fingerprint density at radius 2 is 2.00 bits per heavy atom. The summed E-state index contributed by atoms with van der Waals surface area (Å²) in [6.45, 7) is 3.73. The average Bonchev–Trinajstić information content (AvgIpc) is 2.86. The fourth-order valence-electron chi connectivity index (χ4n) is 3.17. The molecule has 3 rings (SSSR count). The summed E-state index contributed by atoms with van der Waals surface area (Å²) < 4.78 is 27.8. The molecule has 1 unspecified atom stereocenters. The van der Waals surface area contributed by atoms with E-state index in [1.807, 2.05) is 0 Å². The van der Waals surface area contributed by atoms with Gasteiger partial charge in [0.1, 0.15) is 0 Å². The van der Waals surface area contributed by atoms with Crippen LogP contribution < -0.4 is 4.72 Å². The van der Waals surface area contributed by atoms with E-state index < -0.39 is 27.4 Å². The smallest absolute Gasteiger partial charge is 0.307 e. The van der Waals surface area contributed by atoms with Crippen molar-refractivity contribution in [3.63, 3.8) is 0 Å². The monoisotopic (exact) mass is 321 g/mol. The van der Waals surface area contributed by atoms with Crippen molar-refractivity contribution in [1.82, 2.24) is 4.72 Å². The number of rotatable bonds is 5. The molecule has 0 bridgehead atoms. The number of fused-ring (bicyclic) bond motifs is 1. The van der Waals surface area contributed by atoms with Crippen LogP contribution in [-0.2, 0) is 27.7 Å². The van der Waals surface area contributed by atoms with Crippen LogP contribution in [0.5, 0.6) is 0 Å². The van der Waals surface area contributed by atoms with Crippen LogP contribution in [0.3, 0.4) is 0 Å².